The molecule has 2 aromatic carbocycles. The summed E-state index contributed by atoms with van der Waals surface area (Å²) in [5.41, 5.74) is 6.02. The van der Waals surface area contributed by atoms with Gasteiger partial charge in [0.15, 0.2) is 0 Å². The maximum absolute atomic E-state index is 13.8. The van der Waals surface area contributed by atoms with Crippen molar-refractivity contribution in [2.45, 2.75) is 89.3 Å². The number of fused-ring (bicyclic) bond motifs is 1. The molecule has 0 radical (unpaired) electrons. The first-order chi connectivity index (χ1) is 17.8. The molecule has 0 bridgehead atoms. The molecule has 1 amide bonds. The molecule has 0 spiro atoms. The largest absolute Gasteiger partial charge is 0.442 e. The van der Waals surface area contributed by atoms with Gasteiger partial charge in [0.2, 0.25) is 0 Å². The monoisotopic (exact) mass is 497 g/mol. The lowest BCUT2D eigenvalue weighted by Crippen LogP contribution is -2.44. The first-order valence-corrected chi connectivity index (χ1v) is 13.6. The second kappa shape index (κ2) is 9.16. The van der Waals surface area contributed by atoms with Crippen molar-refractivity contribution in [2.24, 2.45) is 0 Å². The van der Waals surface area contributed by atoms with Crippen LogP contribution in [0.25, 0.3) is 11.1 Å². The average Bonchev–Trinajstić information content (AvgIpc) is 3.81. The number of carbonyl (C=O) groups excluding carboxylic acids is 2. The summed E-state index contributed by atoms with van der Waals surface area (Å²) in [4.78, 5) is 28.4. The predicted octanol–water partition coefficient (Wildman–Crippen LogP) is 6.37. The molecule has 0 N–H and O–H groups in total. The van der Waals surface area contributed by atoms with Crippen molar-refractivity contribution in [1.29, 1.82) is 0 Å². The van der Waals surface area contributed by atoms with E-state index in [1.165, 1.54) is 34.2 Å². The van der Waals surface area contributed by atoms with E-state index in [1.54, 1.807) is 6.20 Å². The van der Waals surface area contributed by atoms with E-state index in [0.717, 1.165) is 42.5 Å². The highest BCUT2D eigenvalue weighted by molar-refractivity contribution is 5.95. The molecule has 0 saturated heterocycles. The summed E-state index contributed by atoms with van der Waals surface area (Å²) in [6.45, 7) is 5.55. The number of hydrogen-bond donors (Lipinski definition) is 0. The highest BCUT2D eigenvalue weighted by Gasteiger charge is 2.39. The van der Waals surface area contributed by atoms with Crippen molar-refractivity contribution in [3.8, 4) is 11.1 Å². The lowest BCUT2D eigenvalue weighted by Gasteiger charge is -2.34. The van der Waals surface area contributed by atoms with Crippen LogP contribution in [0.15, 0.2) is 54.7 Å². The van der Waals surface area contributed by atoms with Gasteiger partial charge in [-0.15, -0.1) is 0 Å². The number of hydrogen-bond acceptors (Lipinski definition) is 4. The van der Waals surface area contributed by atoms with E-state index in [9.17, 15) is 9.59 Å². The second-order valence-corrected chi connectivity index (χ2v) is 11.8. The van der Waals surface area contributed by atoms with Gasteiger partial charge in [-0.3, -0.25) is 4.79 Å². The Labute approximate surface area is 218 Å². The molecule has 2 saturated carbocycles. The van der Waals surface area contributed by atoms with Gasteiger partial charge < -0.3 is 9.64 Å². The summed E-state index contributed by atoms with van der Waals surface area (Å²) in [6, 6.07) is 17.2. The van der Waals surface area contributed by atoms with E-state index in [0.29, 0.717) is 18.4 Å². The zero-order chi connectivity index (χ0) is 25.7. The molecule has 2 fully saturated rings. The Bertz CT molecular complexity index is 1330. The molecular weight excluding hydrogens is 462 g/mol. The van der Waals surface area contributed by atoms with Gasteiger partial charge in [0.05, 0.1) is 5.69 Å². The number of aryl methyl sites for hydroxylation is 1. The highest BCUT2D eigenvalue weighted by atomic mass is 16.6. The van der Waals surface area contributed by atoms with Crippen LogP contribution in [0.1, 0.15) is 86.0 Å². The molecule has 6 nitrogen and oxygen atoms in total. The number of aromatic nitrogens is 2. The molecule has 6 rings (SSSR count). The first-order valence-electron chi connectivity index (χ1n) is 13.6. The fourth-order valence-corrected chi connectivity index (χ4v) is 5.56. The smallest absolute Gasteiger partial charge is 0.435 e. The van der Waals surface area contributed by atoms with Gasteiger partial charge in [0.1, 0.15) is 5.60 Å². The van der Waals surface area contributed by atoms with Gasteiger partial charge in [-0.2, -0.15) is 9.78 Å². The normalized spacial score (nSPS) is 19.3. The summed E-state index contributed by atoms with van der Waals surface area (Å²) in [5, 5.41) is 4.49. The van der Waals surface area contributed by atoms with E-state index < -0.39 is 11.7 Å². The van der Waals surface area contributed by atoms with Crippen LogP contribution in [-0.2, 0) is 17.6 Å². The van der Waals surface area contributed by atoms with Crippen LogP contribution in [0.2, 0.25) is 0 Å². The minimum atomic E-state index is -0.573. The fraction of sp³-hybridized carbons (Fsp3) is 0.452. The minimum absolute atomic E-state index is 0.109. The standard InChI is InChI=1S/C31H35N3O3/c1-31(2,3)37-30(36)33-19-23-18-25(16-17-28(23)32-33)34(24-14-15-24)29(35)22-12-10-21(11-13-22)27-7-5-4-6-26(27)20-8-9-20/h4-7,10-13,19-20,24-25H,8-9,14-18H2,1-3H3. The van der Waals surface area contributed by atoms with Gasteiger partial charge in [-0.25, -0.2) is 4.79 Å². The quantitative estimate of drug-likeness (QED) is 0.411. The topological polar surface area (TPSA) is 64.4 Å². The Morgan fingerprint density at radius 2 is 1.68 bits per heavy atom. The molecule has 1 unspecified atom stereocenters. The fourth-order valence-electron chi connectivity index (χ4n) is 5.56. The minimum Gasteiger partial charge on any atom is -0.442 e. The van der Waals surface area contributed by atoms with Gasteiger partial charge in [-0.05, 0) is 106 Å². The van der Waals surface area contributed by atoms with Crippen LogP contribution in [-0.4, -0.2) is 44.4 Å². The zero-order valence-electron chi connectivity index (χ0n) is 21.9. The van der Waals surface area contributed by atoms with E-state index in [2.05, 4.69) is 46.4 Å². The molecule has 3 aliphatic carbocycles. The Balaban J connectivity index is 1.20. The lowest BCUT2D eigenvalue weighted by atomic mass is 9.91. The summed E-state index contributed by atoms with van der Waals surface area (Å²) >= 11 is 0. The molecule has 3 aliphatic rings. The average molecular weight is 498 g/mol. The van der Waals surface area contributed by atoms with Gasteiger partial charge in [0.25, 0.3) is 5.91 Å². The number of benzene rings is 2. The van der Waals surface area contributed by atoms with E-state index in [-0.39, 0.29) is 11.9 Å². The molecule has 0 aliphatic heterocycles. The number of nitrogens with zero attached hydrogens (tertiary/aromatic N) is 3. The molecule has 1 heterocycles. The third kappa shape index (κ3) is 5.07. The van der Waals surface area contributed by atoms with Crippen LogP contribution in [0.3, 0.4) is 0 Å². The van der Waals surface area contributed by atoms with Crippen LogP contribution in [0.4, 0.5) is 4.79 Å². The van der Waals surface area contributed by atoms with Crippen LogP contribution in [0, 0.1) is 0 Å². The molecule has 1 aromatic heterocycles. The van der Waals surface area contributed by atoms with Crippen LogP contribution < -0.4 is 0 Å². The van der Waals surface area contributed by atoms with E-state index >= 15 is 0 Å². The van der Waals surface area contributed by atoms with E-state index in [4.69, 9.17) is 4.74 Å². The molecule has 3 aromatic rings. The van der Waals surface area contributed by atoms with Crippen molar-refractivity contribution in [2.75, 3.05) is 0 Å². The Morgan fingerprint density at radius 3 is 2.35 bits per heavy atom. The molecule has 37 heavy (non-hydrogen) atoms. The van der Waals surface area contributed by atoms with Crippen molar-refractivity contribution >= 4 is 12.0 Å². The van der Waals surface area contributed by atoms with Crippen LogP contribution >= 0.6 is 0 Å². The SMILES string of the molecule is CC(C)(C)OC(=O)n1cc2c(n1)CCC(N(C(=O)c1ccc(-c3ccccc3C3CC3)cc1)C1CC1)C2. The summed E-state index contributed by atoms with van der Waals surface area (Å²) in [7, 11) is 0. The maximum Gasteiger partial charge on any atom is 0.435 e. The Morgan fingerprint density at radius 1 is 0.946 bits per heavy atom. The summed E-state index contributed by atoms with van der Waals surface area (Å²) in [6.07, 6.45) is 8.30. The Hall–Kier alpha value is -3.41. The number of ether oxygens (including phenoxy) is 1. The zero-order valence-corrected chi connectivity index (χ0v) is 21.9. The van der Waals surface area contributed by atoms with Crippen molar-refractivity contribution in [3.05, 3.63) is 77.1 Å². The van der Waals surface area contributed by atoms with Gasteiger partial charge in [-0.1, -0.05) is 36.4 Å². The second-order valence-electron chi connectivity index (χ2n) is 11.8. The van der Waals surface area contributed by atoms with Crippen molar-refractivity contribution in [3.63, 3.8) is 0 Å². The highest BCUT2D eigenvalue weighted by Crippen LogP contribution is 2.44. The van der Waals surface area contributed by atoms with Gasteiger partial charge in [0, 0.05) is 23.8 Å². The van der Waals surface area contributed by atoms with Crippen molar-refractivity contribution < 1.29 is 14.3 Å². The summed E-state index contributed by atoms with van der Waals surface area (Å²) in [5.74, 6) is 0.788. The van der Waals surface area contributed by atoms with Gasteiger partial charge >= 0.3 is 6.09 Å². The summed E-state index contributed by atoms with van der Waals surface area (Å²) < 4.78 is 6.80. The third-order valence-electron chi connectivity index (χ3n) is 7.62. The number of rotatable bonds is 5. The number of carbonyl (C=O) groups is 2. The maximum atomic E-state index is 13.8. The van der Waals surface area contributed by atoms with Crippen molar-refractivity contribution in [1.82, 2.24) is 14.7 Å². The molecule has 1 atom stereocenters. The number of amides is 1. The molecule has 6 heteroatoms. The molecular formula is C31H35N3O3. The van der Waals surface area contributed by atoms with E-state index in [1.807, 2.05) is 32.9 Å². The molecule has 192 valence electrons. The lowest BCUT2D eigenvalue weighted by molar-refractivity contribution is 0.0513. The predicted molar refractivity (Wildman–Crippen MR) is 143 cm³/mol. The third-order valence-corrected chi connectivity index (χ3v) is 7.62. The first kappa shape index (κ1) is 24.0. The Kier molecular flexibility index (Phi) is 5.93. The van der Waals surface area contributed by atoms with Crippen LogP contribution in [0.5, 0.6) is 0 Å².